The lowest BCUT2D eigenvalue weighted by molar-refractivity contribution is 0.0544. The summed E-state index contributed by atoms with van der Waals surface area (Å²) in [6.45, 7) is 3.71. The first-order chi connectivity index (χ1) is 12.0. The Morgan fingerprint density at radius 3 is 2.52 bits per heavy atom. The molecule has 6 heteroatoms. The summed E-state index contributed by atoms with van der Waals surface area (Å²) in [6.07, 6.45) is 0. The minimum absolute atomic E-state index is 0.0909. The number of hydrogen-bond donors (Lipinski definition) is 1. The number of amides is 1. The van der Waals surface area contributed by atoms with Gasteiger partial charge in [0.25, 0.3) is 11.5 Å². The van der Waals surface area contributed by atoms with Gasteiger partial charge in [0, 0.05) is 25.3 Å². The van der Waals surface area contributed by atoms with Crippen molar-refractivity contribution in [3.05, 3.63) is 63.6 Å². The van der Waals surface area contributed by atoms with Gasteiger partial charge >= 0.3 is 0 Å². The summed E-state index contributed by atoms with van der Waals surface area (Å²) in [6, 6.07) is 11.3. The van der Waals surface area contributed by atoms with E-state index in [2.05, 4.69) is 16.9 Å². The molecule has 2 aromatic rings. The van der Waals surface area contributed by atoms with E-state index in [-0.39, 0.29) is 23.1 Å². The average Bonchev–Trinajstić information content (AvgIpc) is 2.62. The molecule has 6 nitrogen and oxygen atoms in total. The van der Waals surface area contributed by atoms with Crippen molar-refractivity contribution in [2.75, 3.05) is 33.8 Å². The second-order valence-electron chi connectivity index (χ2n) is 6.40. The van der Waals surface area contributed by atoms with E-state index >= 15 is 0 Å². The first-order valence-electron chi connectivity index (χ1n) is 8.33. The molecule has 1 amide bonds. The van der Waals surface area contributed by atoms with E-state index < -0.39 is 0 Å². The number of benzene rings is 1. The highest BCUT2D eigenvalue weighted by molar-refractivity contribution is 5.94. The summed E-state index contributed by atoms with van der Waals surface area (Å²) in [5.74, 6) is 0.592. The third-order valence-electron chi connectivity index (χ3n) is 4.72. The Hall–Kier alpha value is -2.60. The normalized spacial score (nSPS) is 18.2. The monoisotopic (exact) mass is 341 g/mol. The quantitative estimate of drug-likeness (QED) is 0.925. The van der Waals surface area contributed by atoms with Gasteiger partial charge in [-0.25, -0.2) is 0 Å². The second kappa shape index (κ2) is 7.11. The molecule has 2 heterocycles. The molecule has 0 spiro atoms. The molecule has 25 heavy (non-hydrogen) atoms. The number of rotatable bonds is 3. The highest BCUT2D eigenvalue weighted by Gasteiger charge is 2.29. The molecule has 0 saturated carbocycles. The van der Waals surface area contributed by atoms with Crippen LogP contribution in [0.1, 0.15) is 27.7 Å². The van der Waals surface area contributed by atoms with Gasteiger partial charge in [0.05, 0.1) is 13.2 Å². The zero-order valence-electron chi connectivity index (χ0n) is 14.8. The fourth-order valence-corrected chi connectivity index (χ4v) is 3.15. The number of carbonyl (C=O) groups excluding carboxylic acids is 1. The predicted molar refractivity (Wildman–Crippen MR) is 96.1 cm³/mol. The molecule has 132 valence electrons. The number of pyridine rings is 1. The van der Waals surface area contributed by atoms with Crippen LogP contribution in [0.4, 0.5) is 0 Å². The van der Waals surface area contributed by atoms with Gasteiger partial charge in [-0.1, -0.05) is 12.1 Å². The molecule has 1 aliphatic rings. The van der Waals surface area contributed by atoms with Gasteiger partial charge in [0.15, 0.2) is 0 Å². The summed E-state index contributed by atoms with van der Waals surface area (Å²) in [5, 5.41) is 0. The summed E-state index contributed by atoms with van der Waals surface area (Å²) < 4.78 is 5.21. The molecule has 1 saturated heterocycles. The van der Waals surface area contributed by atoms with Crippen molar-refractivity contribution in [3.8, 4) is 5.75 Å². The molecule has 1 aliphatic heterocycles. The molecular formula is C19H23N3O3. The maximum Gasteiger partial charge on any atom is 0.260 e. The van der Waals surface area contributed by atoms with Crippen LogP contribution in [0.5, 0.6) is 5.75 Å². The van der Waals surface area contributed by atoms with Crippen LogP contribution in [-0.4, -0.2) is 54.5 Å². The molecule has 0 unspecified atom stereocenters. The molecule has 1 aromatic heterocycles. The summed E-state index contributed by atoms with van der Waals surface area (Å²) in [5.41, 5.74) is 1.74. The van der Waals surface area contributed by atoms with Crippen LogP contribution < -0.4 is 10.3 Å². The van der Waals surface area contributed by atoms with Gasteiger partial charge in [0.2, 0.25) is 0 Å². The smallest absolute Gasteiger partial charge is 0.260 e. The topological polar surface area (TPSA) is 65.6 Å². The molecular weight excluding hydrogens is 318 g/mol. The number of likely N-dealkylation sites (N-methyl/N-ethyl adjacent to an activating group) is 1. The summed E-state index contributed by atoms with van der Waals surface area (Å²) in [4.78, 5) is 31.5. The molecule has 3 rings (SSSR count). The zero-order valence-corrected chi connectivity index (χ0v) is 14.8. The SMILES string of the molecule is COc1ccc([C@H]2CN(C(=O)c3ccc(C)[nH]c3=O)CCN2C)cc1. The van der Waals surface area contributed by atoms with Crippen LogP contribution in [0, 0.1) is 6.92 Å². The Morgan fingerprint density at radius 2 is 1.88 bits per heavy atom. The second-order valence-corrected chi connectivity index (χ2v) is 6.40. The lowest BCUT2D eigenvalue weighted by atomic mass is 10.0. The molecule has 1 N–H and O–H groups in total. The Kier molecular flexibility index (Phi) is 4.90. The third kappa shape index (κ3) is 3.58. The van der Waals surface area contributed by atoms with Gasteiger partial charge < -0.3 is 14.6 Å². The first kappa shape index (κ1) is 17.2. The number of hydrogen-bond acceptors (Lipinski definition) is 4. The largest absolute Gasteiger partial charge is 0.497 e. The number of H-pyrrole nitrogens is 1. The van der Waals surface area contributed by atoms with Gasteiger partial charge in [-0.2, -0.15) is 0 Å². The number of nitrogens with zero attached hydrogens (tertiary/aromatic N) is 2. The van der Waals surface area contributed by atoms with Crippen LogP contribution in [0.3, 0.4) is 0 Å². The van der Waals surface area contributed by atoms with Gasteiger partial charge in [0.1, 0.15) is 11.3 Å². The van der Waals surface area contributed by atoms with Crippen molar-refractivity contribution in [2.24, 2.45) is 0 Å². The number of methoxy groups -OCH3 is 1. The van der Waals surface area contributed by atoms with Crippen molar-refractivity contribution in [2.45, 2.75) is 13.0 Å². The minimum Gasteiger partial charge on any atom is -0.497 e. The molecule has 0 radical (unpaired) electrons. The van der Waals surface area contributed by atoms with E-state index in [1.807, 2.05) is 24.3 Å². The van der Waals surface area contributed by atoms with Crippen LogP contribution >= 0.6 is 0 Å². The minimum atomic E-state index is -0.329. The number of ether oxygens (including phenoxy) is 1. The molecule has 0 aliphatic carbocycles. The van der Waals surface area contributed by atoms with Gasteiger partial charge in [-0.15, -0.1) is 0 Å². The Bertz CT molecular complexity index is 813. The number of piperazine rings is 1. The van der Waals surface area contributed by atoms with E-state index in [1.54, 1.807) is 31.1 Å². The maximum absolute atomic E-state index is 12.8. The van der Waals surface area contributed by atoms with Crippen molar-refractivity contribution >= 4 is 5.91 Å². The highest BCUT2D eigenvalue weighted by atomic mass is 16.5. The number of nitrogens with one attached hydrogen (secondary N) is 1. The van der Waals surface area contributed by atoms with Crippen LogP contribution in [0.25, 0.3) is 0 Å². The fourth-order valence-electron chi connectivity index (χ4n) is 3.15. The highest BCUT2D eigenvalue weighted by Crippen LogP contribution is 2.26. The Morgan fingerprint density at radius 1 is 1.16 bits per heavy atom. The average molecular weight is 341 g/mol. The predicted octanol–water partition coefficient (Wildman–Crippen LogP) is 1.82. The lowest BCUT2D eigenvalue weighted by Crippen LogP contribution is -2.49. The standard InChI is InChI=1S/C19H23N3O3/c1-13-4-9-16(18(23)20-13)19(24)22-11-10-21(2)17(12-22)14-5-7-15(25-3)8-6-14/h4-9,17H,10-12H2,1-3H3,(H,20,23)/t17-/m1/s1. The third-order valence-corrected chi connectivity index (χ3v) is 4.72. The van der Waals surface area contributed by atoms with Crippen molar-refractivity contribution in [1.82, 2.24) is 14.8 Å². The van der Waals surface area contributed by atoms with Crippen LogP contribution in [0.15, 0.2) is 41.2 Å². The zero-order chi connectivity index (χ0) is 18.0. The van der Waals surface area contributed by atoms with Crippen molar-refractivity contribution in [3.63, 3.8) is 0 Å². The van der Waals surface area contributed by atoms with E-state index in [4.69, 9.17) is 4.74 Å². The molecule has 1 atom stereocenters. The van der Waals surface area contributed by atoms with Crippen molar-refractivity contribution < 1.29 is 9.53 Å². The van der Waals surface area contributed by atoms with Crippen LogP contribution in [-0.2, 0) is 0 Å². The number of aryl methyl sites for hydroxylation is 1. The van der Waals surface area contributed by atoms with Crippen LogP contribution in [0.2, 0.25) is 0 Å². The Balaban J connectivity index is 1.81. The number of aromatic nitrogens is 1. The Labute approximate surface area is 147 Å². The van der Waals surface area contributed by atoms with E-state index in [0.29, 0.717) is 13.1 Å². The summed E-state index contributed by atoms with van der Waals surface area (Å²) in [7, 11) is 3.69. The van der Waals surface area contributed by atoms with Gasteiger partial charge in [-0.3, -0.25) is 14.5 Å². The van der Waals surface area contributed by atoms with Gasteiger partial charge in [-0.05, 0) is 43.8 Å². The number of aromatic amines is 1. The van der Waals surface area contributed by atoms with E-state index in [0.717, 1.165) is 23.6 Å². The maximum atomic E-state index is 12.8. The molecule has 1 fully saturated rings. The molecule has 0 bridgehead atoms. The molecule has 1 aromatic carbocycles. The van der Waals surface area contributed by atoms with E-state index in [1.165, 1.54) is 0 Å². The number of carbonyl (C=O) groups is 1. The van der Waals surface area contributed by atoms with E-state index in [9.17, 15) is 9.59 Å². The fraction of sp³-hybridized carbons (Fsp3) is 0.368. The van der Waals surface area contributed by atoms with Crippen molar-refractivity contribution in [1.29, 1.82) is 0 Å². The first-order valence-corrected chi connectivity index (χ1v) is 8.33. The lowest BCUT2D eigenvalue weighted by Gasteiger charge is -2.39. The summed E-state index contributed by atoms with van der Waals surface area (Å²) >= 11 is 0.